The van der Waals surface area contributed by atoms with Crippen molar-refractivity contribution in [1.29, 1.82) is 0 Å². The van der Waals surface area contributed by atoms with Gasteiger partial charge >= 0.3 is 18.2 Å². The second-order valence-electron chi connectivity index (χ2n) is 6.19. The maximum Gasteiger partial charge on any atom is 0.470 e. The molecule has 0 spiro atoms. The highest BCUT2D eigenvalue weighted by Crippen LogP contribution is 2.33. The number of nitrogens with zero attached hydrogens (tertiary/aromatic N) is 3. The highest BCUT2D eigenvalue weighted by Gasteiger charge is 2.39. The zero-order valence-corrected chi connectivity index (χ0v) is 13.4. The minimum atomic E-state index is -4.66. The molecule has 142 valence electrons. The molecule has 0 amide bonds. The lowest BCUT2D eigenvalue weighted by Gasteiger charge is -2.30. The molecule has 0 bridgehead atoms. The van der Waals surface area contributed by atoms with Gasteiger partial charge in [0.2, 0.25) is 5.89 Å². The number of hydrogen-bond donors (Lipinski definition) is 0. The van der Waals surface area contributed by atoms with Crippen molar-refractivity contribution >= 4 is 0 Å². The van der Waals surface area contributed by atoms with Gasteiger partial charge < -0.3 is 4.42 Å². The summed E-state index contributed by atoms with van der Waals surface area (Å²) in [6, 6.07) is 4.95. The number of halogens is 6. The second-order valence-corrected chi connectivity index (χ2v) is 6.19. The van der Waals surface area contributed by atoms with E-state index in [1.54, 1.807) is 0 Å². The molecule has 0 unspecified atom stereocenters. The largest absolute Gasteiger partial charge is 0.470 e. The topological polar surface area (TPSA) is 42.2 Å². The van der Waals surface area contributed by atoms with E-state index in [4.69, 9.17) is 4.42 Å². The summed E-state index contributed by atoms with van der Waals surface area (Å²) in [4.78, 5) is 2.03. The minimum Gasteiger partial charge on any atom is -0.417 e. The SMILES string of the molecule is FC(F)(F)c1ccc(CN2CCC(c3nnc(C(F)(F)F)o3)CC2)cc1. The number of likely N-dealkylation sites (tertiary alicyclic amines) is 1. The van der Waals surface area contributed by atoms with Crippen LogP contribution in [0.4, 0.5) is 26.3 Å². The molecular weight excluding hydrogens is 364 g/mol. The van der Waals surface area contributed by atoms with Gasteiger partial charge in [-0.15, -0.1) is 10.2 Å². The van der Waals surface area contributed by atoms with Gasteiger partial charge in [0.1, 0.15) is 0 Å². The smallest absolute Gasteiger partial charge is 0.417 e. The Kier molecular flexibility index (Phi) is 4.96. The Labute approximate surface area is 144 Å². The lowest BCUT2D eigenvalue weighted by Crippen LogP contribution is -2.32. The van der Waals surface area contributed by atoms with Crippen molar-refractivity contribution in [3.05, 3.63) is 47.2 Å². The van der Waals surface area contributed by atoms with Gasteiger partial charge in [0.25, 0.3) is 0 Å². The number of alkyl halides is 6. The monoisotopic (exact) mass is 379 g/mol. The average molecular weight is 379 g/mol. The van der Waals surface area contributed by atoms with Crippen molar-refractivity contribution in [3.8, 4) is 0 Å². The van der Waals surface area contributed by atoms with Crippen LogP contribution in [0.15, 0.2) is 28.7 Å². The molecule has 0 radical (unpaired) electrons. The Morgan fingerprint density at radius 2 is 1.54 bits per heavy atom. The van der Waals surface area contributed by atoms with Crippen molar-refractivity contribution in [3.63, 3.8) is 0 Å². The van der Waals surface area contributed by atoms with Gasteiger partial charge in [0, 0.05) is 12.5 Å². The molecule has 10 heteroatoms. The van der Waals surface area contributed by atoms with E-state index in [0.717, 1.165) is 17.7 Å². The molecule has 2 aromatic rings. The van der Waals surface area contributed by atoms with Crippen LogP contribution in [0.3, 0.4) is 0 Å². The van der Waals surface area contributed by atoms with E-state index in [9.17, 15) is 26.3 Å². The lowest BCUT2D eigenvalue weighted by molar-refractivity contribution is -0.157. The molecule has 0 atom stereocenters. The zero-order chi connectivity index (χ0) is 18.9. The summed E-state index contributed by atoms with van der Waals surface area (Å²) in [5.74, 6) is -1.62. The Morgan fingerprint density at radius 3 is 2.04 bits per heavy atom. The normalized spacial score (nSPS) is 17.6. The van der Waals surface area contributed by atoms with Gasteiger partial charge in [0.05, 0.1) is 5.56 Å². The van der Waals surface area contributed by atoms with Gasteiger partial charge in [-0.25, -0.2) is 0 Å². The summed E-state index contributed by atoms with van der Waals surface area (Å²) in [5.41, 5.74) is 0.0467. The van der Waals surface area contributed by atoms with Crippen molar-refractivity contribution in [1.82, 2.24) is 15.1 Å². The molecule has 1 fully saturated rings. The first-order chi connectivity index (χ1) is 12.1. The second kappa shape index (κ2) is 6.90. The summed E-state index contributed by atoms with van der Waals surface area (Å²) in [6.07, 6.45) is -7.94. The van der Waals surface area contributed by atoms with Gasteiger partial charge in [-0.05, 0) is 43.6 Å². The molecule has 1 aromatic carbocycles. The molecule has 3 rings (SSSR count). The van der Waals surface area contributed by atoms with Crippen LogP contribution in [0.2, 0.25) is 0 Å². The maximum atomic E-state index is 12.6. The van der Waals surface area contributed by atoms with Crippen molar-refractivity contribution in [2.24, 2.45) is 0 Å². The minimum absolute atomic E-state index is 0.0218. The first-order valence-electron chi connectivity index (χ1n) is 7.92. The highest BCUT2D eigenvalue weighted by molar-refractivity contribution is 5.24. The molecule has 1 aromatic heterocycles. The van der Waals surface area contributed by atoms with Gasteiger partial charge in [0.15, 0.2) is 0 Å². The van der Waals surface area contributed by atoms with Gasteiger partial charge in [-0.1, -0.05) is 12.1 Å². The molecule has 1 aliphatic rings. The Balaban J connectivity index is 1.55. The van der Waals surface area contributed by atoms with Crippen LogP contribution in [0.5, 0.6) is 0 Å². The molecule has 0 aliphatic carbocycles. The fourth-order valence-corrected chi connectivity index (χ4v) is 2.91. The standard InChI is InChI=1S/C16H15F6N3O/c17-15(18,19)12-3-1-10(2-4-12)9-25-7-5-11(6-8-25)13-23-24-14(26-13)16(20,21)22/h1-4,11H,5-9H2. The zero-order valence-electron chi connectivity index (χ0n) is 13.4. The van der Waals surface area contributed by atoms with E-state index in [-0.39, 0.29) is 11.8 Å². The highest BCUT2D eigenvalue weighted by atomic mass is 19.4. The first kappa shape index (κ1) is 18.7. The van der Waals surface area contributed by atoms with Crippen LogP contribution in [0.1, 0.15) is 41.7 Å². The van der Waals surface area contributed by atoms with Gasteiger partial charge in [-0.2, -0.15) is 26.3 Å². The number of piperidine rings is 1. The number of rotatable bonds is 3. The van der Waals surface area contributed by atoms with E-state index in [2.05, 4.69) is 10.2 Å². The molecule has 26 heavy (non-hydrogen) atoms. The third-order valence-electron chi connectivity index (χ3n) is 4.31. The van der Waals surface area contributed by atoms with E-state index in [1.165, 1.54) is 12.1 Å². The van der Waals surface area contributed by atoms with Crippen molar-refractivity contribution < 1.29 is 30.8 Å². The fraction of sp³-hybridized carbons (Fsp3) is 0.500. The average Bonchev–Trinajstić information content (AvgIpc) is 3.05. The Bertz CT molecular complexity index is 730. The third kappa shape index (κ3) is 4.35. The molecule has 1 aliphatic heterocycles. The molecule has 4 nitrogen and oxygen atoms in total. The maximum absolute atomic E-state index is 12.6. The summed E-state index contributed by atoms with van der Waals surface area (Å²) >= 11 is 0. The number of hydrogen-bond acceptors (Lipinski definition) is 4. The predicted octanol–water partition coefficient (Wildman–Crippen LogP) is 4.49. The molecule has 2 heterocycles. The molecule has 0 saturated carbocycles. The summed E-state index contributed by atoms with van der Waals surface area (Å²) in [5, 5.41) is 6.52. The Morgan fingerprint density at radius 1 is 0.923 bits per heavy atom. The summed E-state index contributed by atoms with van der Waals surface area (Å²) in [6.45, 7) is 1.63. The van der Waals surface area contributed by atoms with Crippen LogP contribution in [0, 0.1) is 0 Å². The van der Waals surface area contributed by atoms with E-state index in [0.29, 0.717) is 32.5 Å². The first-order valence-corrected chi connectivity index (χ1v) is 7.92. The Hall–Kier alpha value is -2.10. The van der Waals surface area contributed by atoms with Crippen molar-refractivity contribution in [2.45, 2.75) is 37.7 Å². The number of aromatic nitrogens is 2. The van der Waals surface area contributed by atoms with Crippen LogP contribution in [-0.4, -0.2) is 28.2 Å². The lowest BCUT2D eigenvalue weighted by atomic mass is 9.96. The predicted molar refractivity (Wildman–Crippen MR) is 78.0 cm³/mol. The van der Waals surface area contributed by atoms with Crippen LogP contribution >= 0.6 is 0 Å². The van der Waals surface area contributed by atoms with E-state index >= 15 is 0 Å². The fourth-order valence-electron chi connectivity index (χ4n) is 2.91. The summed E-state index contributed by atoms with van der Waals surface area (Å²) in [7, 11) is 0. The van der Waals surface area contributed by atoms with Crippen LogP contribution in [0.25, 0.3) is 0 Å². The molecular formula is C16H15F6N3O. The van der Waals surface area contributed by atoms with E-state index in [1.807, 2.05) is 4.90 Å². The van der Waals surface area contributed by atoms with Crippen molar-refractivity contribution in [2.75, 3.05) is 13.1 Å². The quantitative estimate of drug-likeness (QED) is 0.737. The third-order valence-corrected chi connectivity index (χ3v) is 4.31. The van der Waals surface area contributed by atoms with Crippen LogP contribution in [-0.2, 0) is 18.9 Å². The van der Waals surface area contributed by atoms with E-state index < -0.39 is 23.8 Å². The molecule has 1 saturated heterocycles. The summed E-state index contributed by atoms with van der Waals surface area (Å²) < 4.78 is 79.9. The number of benzene rings is 1. The van der Waals surface area contributed by atoms with Gasteiger partial charge in [-0.3, -0.25) is 4.90 Å². The van der Waals surface area contributed by atoms with Crippen LogP contribution < -0.4 is 0 Å². The molecule has 0 N–H and O–H groups in total.